The average molecular weight is 301 g/mol. The minimum absolute atomic E-state index is 0. The van der Waals surface area contributed by atoms with E-state index >= 15 is 0 Å². The van der Waals surface area contributed by atoms with Crippen molar-refractivity contribution in [1.29, 1.82) is 0 Å². The first-order valence-corrected chi connectivity index (χ1v) is 7.08. The van der Waals surface area contributed by atoms with E-state index in [9.17, 15) is 0 Å². The molecule has 3 heterocycles. The smallest absolute Gasteiger partial charge is 0.241 e. The molecule has 0 aromatic carbocycles. The van der Waals surface area contributed by atoms with Crippen LogP contribution in [0.2, 0.25) is 0 Å². The maximum atomic E-state index is 5.88. The summed E-state index contributed by atoms with van der Waals surface area (Å²) in [5, 5.41) is 8.04. The summed E-state index contributed by atoms with van der Waals surface area (Å²) in [7, 11) is 0. The Morgan fingerprint density at radius 3 is 2.89 bits per heavy atom. The van der Waals surface area contributed by atoms with Crippen molar-refractivity contribution in [3.8, 4) is 11.4 Å². The Bertz CT molecular complexity index is 494. The zero-order valence-corrected chi connectivity index (χ0v) is 12.1. The van der Waals surface area contributed by atoms with Crippen LogP contribution in [0.15, 0.2) is 21.3 Å². The summed E-state index contributed by atoms with van der Waals surface area (Å²) >= 11 is 1.63. The van der Waals surface area contributed by atoms with Gasteiger partial charge < -0.3 is 10.3 Å². The lowest BCUT2D eigenvalue weighted by atomic mass is 10.1. The Morgan fingerprint density at radius 1 is 1.42 bits per heavy atom. The molecule has 0 saturated carbocycles. The number of nitrogens with zero attached hydrogens (tertiary/aromatic N) is 3. The SMILES string of the molecule is Cl.NC1CCN(Cc2nc(-c3ccsc3)no2)CC1. The Balaban J connectivity index is 0.00000133. The van der Waals surface area contributed by atoms with Crippen molar-refractivity contribution in [1.82, 2.24) is 15.0 Å². The Morgan fingerprint density at radius 2 is 2.21 bits per heavy atom. The minimum atomic E-state index is 0. The first-order chi connectivity index (χ1) is 8.81. The molecule has 2 aromatic rings. The molecule has 0 amide bonds. The van der Waals surface area contributed by atoms with E-state index in [1.54, 1.807) is 11.3 Å². The van der Waals surface area contributed by atoms with Crippen molar-refractivity contribution in [2.24, 2.45) is 5.73 Å². The van der Waals surface area contributed by atoms with Crippen molar-refractivity contribution in [3.05, 3.63) is 22.7 Å². The van der Waals surface area contributed by atoms with Crippen LogP contribution in [0.25, 0.3) is 11.4 Å². The normalized spacial score (nSPS) is 17.3. The van der Waals surface area contributed by atoms with Gasteiger partial charge in [0.15, 0.2) is 0 Å². The van der Waals surface area contributed by atoms with Gasteiger partial charge in [-0.3, -0.25) is 4.90 Å². The van der Waals surface area contributed by atoms with Crippen molar-refractivity contribution >= 4 is 23.7 Å². The van der Waals surface area contributed by atoms with Crippen LogP contribution in [0.3, 0.4) is 0 Å². The summed E-state index contributed by atoms with van der Waals surface area (Å²) in [5.74, 6) is 1.37. The minimum Gasteiger partial charge on any atom is -0.338 e. The highest BCUT2D eigenvalue weighted by atomic mass is 35.5. The zero-order chi connectivity index (χ0) is 12.4. The van der Waals surface area contributed by atoms with Crippen LogP contribution < -0.4 is 5.73 Å². The summed E-state index contributed by atoms with van der Waals surface area (Å²) in [6.45, 7) is 2.75. The van der Waals surface area contributed by atoms with E-state index in [2.05, 4.69) is 15.0 Å². The Labute approximate surface area is 122 Å². The second-order valence-electron chi connectivity index (χ2n) is 4.64. The van der Waals surface area contributed by atoms with Gasteiger partial charge >= 0.3 is 0 Å². The molecule has 0 atom stereocenters. The molecule has 5 nitrogen and oxygen atoms in total. The second-order valence-corrected chi connectivity index (χ2v) is 5.42. The Kier molecular flexibility index (Phi) is 4.93. The van der Waals surface area contributed by atoms with Gasteiger partial charge in [-0.15, -0.1) is 12.4 Å². The molecule has 0 aliphatic carbocycles. The lowest BCUT2D eigenvalue weighted by molar-refractivity contribution is 0.182. The van der Waals surface area contributed by atoms with Gasteiger partial charge in [0.1, 0.15) is 0 Å². The van der Waals surface area contributed by atoms with E-state index in [1.807, 2.05) is 16.8 Å². The molecule has 2 aromatic heterocycles. The highest BCUT2D eigenvalue weighted by Gasteiger charge is 2.18. The maximum Gasteiger partial charge on any atom is 0.241 e. The quantitative estimate of drug-likeness (QED) is 0.940. The molecule has 1 saturated heterocycles. The van der Waals surface area contributed by atoms with Gasteiger partial charge in [-0.25, -0.2) is 0 Å². The van der Waals surface area contributed by atoms with E-state index in [-0.39, 0.29) is 12.4 Å². The van der Waals surface area contributed by atoms with Crippen LogP contribution in [0.1, 0.15) is 18.7 Å². The maximum absolute atomic E-state index is 5.88. The number of rotatable bonds is 3. The second kappa shape index (κ2) is 6.47. The fraction of sp³-hybridized carbons (Fsp3) is 0.500. The lowest BCUT2D eigenvalue weighted by Crippen LogP contribution is -2.39. The fourth-order valence-corrected chi connectivity index (χ4v) is 2.76. The third-order valence-electron chi connectivity index (χ3n) is 3.24. The van der Waals surface area contributed by atoms with Crippen molar-refractivity contribution < 1.29 is 4.52 Å². The standard InChI is InChI=1S/C12H16N4OS.ClH/c13-10-1-4-16(5-2-10)7-11-14-12(15-17-11)9-3-6-18-8-9;/h3,6,8,10H,1-2,4-5,7,13H2;1H. The van der Waals surface area contributed by atoms with Crippen LogP contribution >= 0.6 is 23.7 Å². The number of likely N-dealkylation sites (tertiary alicyclic amines) is 1. The molecule has 0 radical (unpaired) electrons. The molecule has 1 aliphatic rings. The molecule has 0 spiro atoms. The van der Waals surface area contributed by atoms with Gasteiger partial charge in [-0.1, -0.05) is 5.16 Å². The van der Waals surface area contributed by atoms with E-state index in [0.717, 1.165) is 38.0 Å². The predicted molar refractivity (Wildman–Crippen MR) is 77.3 cm³/mol. The number of nitrogens with two attached hydrogens (primary N) is 1. The number of halogens is 1. The van der Waals surface area contributed by atoms with Crippen molar-refractivity contribution in [3.63, 3.8) is 0 Å². The number of piperidine rings is 1. The lowest BCUT2D eigenvalue weighted by Gasteiger charge is -2.28. The molecule has 1 fully saturated rings. The summed E-state index contributed by atoms with van der Waals surface area (Å²) in [6, 6.07) is 2.35. The van der Waals surface area contributed by atoms with Crippen molar-refractivity contribution in [2.45, 2.75) is 25.4 Å². The molecule has 0 bridgehead atoms. The highest BCUT2D eigenvalue weighted by molar-refractivity contribution is 7.08. The van der Waals surface area contributed by atoms with Gasteiger partial charge in [0.05, 0.1) is 6.54 Å². The Hall–Kier alpha value is -0.950. The van der Waals surface area contributed by atoms with Crippen LogP contribution in [-0.4, -0.2) is 34.2 Å². The summed E-state index contributed by atoms with van der Waals surface area (Å²) in [6.07, 6.45) is 2.09. The molecule has 2 N–H and O–H groups in total. The topological polar surface area (TPSA) is 68.2 Å². The van der Waals surface area contributed by atoms with Crippen molar-refractivity contribution in [2.75, 3.05) is 13.1 Å². The van der Waals surface area contributed by atoms with E-state index < -0.39 is 0 Å². The van der Waals surface area contributed by atoms with Gasteiger partial charge in [0.2, 0.25) is 11.7 Å². The van der Waals surface area contributed by atoms with Crippen LogP contribution in [0.5, 0.6) is 0 Å². The molecular weight excluding hydrogens is 284 g/mol. The molecule has 7 heteroatoms. The summed E-state index contributed by atoms with van der Waals surface area (Å²) in [4.78, 5) is 6.74. The molecule has 1 aliphatic heterocycles. The number of thiophene rings is 1. The average Bonchev–Trinajstić information content (AvgIpc) is 3.02. The predicted octanol–water partition coefficient (Wildman–Crippen LogP) is 2.14. The van der Waals surface area contributed by atoms with Crippen LogP contribution in [0.4, 0.5) is 0 Å². The number of aromatic nitrogens is 2. The van der Waals surface area contributed by atoms with Gasteiger partial charge in [-0.05, 0) is 24.3 Å². The first kappa shape index (κ1) is 14.5. The molecular formula is C12H17ClN4OS. The molecule has 104 valence electrons. The fourth-order valence-electron chi connectivity index (χ4n) is 2.13. The summed E-state index contributed by atoms with van der Waals surface area (Å²) < 4.78 is 5.29. The van der Waals surface area contributed by atoms with Gasteiger partial charge in [0, 0.05) is 30.1 Å². The van der Waals surface area contributed by atoms with E-state index in [0.29, 0.717) is 17.8 Å². The number of hydrogen-bond donors (Lipinski definition) is 1. The largest absolute Gasteiger partial charge is 0.338 e. The zero-order valence-electron chi connectivity index (χ0n) is 10.5. The third kappa shape index (κ3) is 3.54. The van der Waals surface area contributed by atoms with Gasteiger partial charge in [-0.2, -0.15) is 16.3 Å². The highest BCUT2D eigenvalue weighted by Crippen LogP contribution is 2.19. The van der Waals surface area contributed by atoms with Gasteiger partial charge in [0.25, 0.3) is 0 Å². The van der Waals surface area contributed by atoms with E-state index in [1.165, 1.54) is 0 Å². The van der Waals surface area contributed by atoms with Crippen LogP contribution in [0, 0.1) is 0 Å². The van der Waals surface area contributed by atoms with E-state index in [4.69, 9.17) is 10.3 Å². The summed E-state index contributed by atoms with van der Waals surface area (Å²) in [5.41, 5.74) is 6.91. The van der Waals surface area contributed by atoms with Crippen LogP contribution in [-0.2, 0) is 6.54 Å². The molecule has 3 rings (SSSR count). The third-order valence-corrected chi connectivity index (χ3v) is 3.92. The monoisotopic (exact) mass is 300 g/mol. The molecule has 19 heavy (non-hydrogen) atoms. The number of hydrogen-bond acceptors (Lipinski definition) is 6. The molecule has 0 unspecified atom stereocenters. The first-order valence-electron chi connectivity index (χ1n) is 6.14.